The molecule has 0 saturated carbocycles. The lowest BCUT2D eigenvalue weighted by molar-refractivity contribution is -0.119. The number of rotatable bonds is 4. The van der Waals surface area contributed by atoms with Gasteiger partial charge in [-0.15, -0.1) is 0 Å². The fraction of sp³-hybridized carbons (Fsp3) is 0.125. The van der Waals surface area contributed by atoms with Crippen molar-refractivity contribution in [3.8, 4) is 0 Å². The average Bonchev–Trinajstić information content (AvgIpc) is 2.47. The first kappa shape index (κ1) is 13.8. The van der Waals surface area contributed by atoms with Crippen LogP contribution in [0, 0.1) is 0 Å². The van der Waals surface area contributed by atoms with Crippen LogP contribution in [0.2, 0.25) is 0 Å². The molecule has 0 aliphatic rings. The highest BCUT2D eigenvalue weighted by atomic mass is 16.2. The predicted molar refractivity (Wildman–Crippen MR) is 78.4 cm³/mol. The molecule has 3 amide bonds. The van der Waals surface area contributed by atoms with Gasteiger partial charge < -0.3 is 5.32 Å². The Kier molecular flexibility index (Phi) is 4.89. The summed E-state index contributed by atoms with van der Waals surface area (Å²) in [6.45, 7) is 0. The Morgan fingerprint density at radius 1 is 0.850 bits per heavy atom. The molecule has 0 radical (unpaired) electrons. The zero-order valence-corrected chi connectivity index (χ0v) is 11.0. The first-order valence-electron chi connectivity index (χ1n) is 6.44. The fourth-order valence-electron chi connectivity index (χ4n) is 1.78. The summed E-state index contributed by atoms with van der Waals surface area (Å²) in [5, 5.41) is 4.91. The van der Waals surface area contributed by atoms with Crippen LogP contribution in [0.25, 0.3) is 0 Å². The molecule has 0 aliphatic carbocycles. The molecule has 2 N–H and O–H groups in total. The number of hydrogen-bond acceptors (Lipinski definition) is 2. The Morgan fingerprint density at radius 3 is 2.10 bits per heavy atom. The van der Waals surface area contributed by atoms with Crippen LogP contribution in [0.15, 0.2) is 60.7 Å². The maximum Gasteiger partial charge on any atom is 0.325 e. The molecule has 0 heterocycles. The van der Waals surface area contributed by atoms with Gasteiger partial charge in [0, 0.05) is 12.1 Å². The number of urea groups is 1. The van der Waals surface area contributed by atoms with E-state index < -0.39 is 6.03 Å². The smallest absolute Gasteiger partial charge is 0.308 e. The van der Waals surface area contributed by atoms with E-state index in [1.165, 1.54) is 0 Å². The molecular formula is C16H16N2O2. The number of carbonyl (C=O) groups excluding carboxylic acids is 2. The summed E-state index contributed by atoms with van der Waals surface area (Å²) < 4.78 is 0. The molecule has 0 saturated heterocycles. The van der Waals surface area contributed by atoms with Gasteiger partial charge in [-0.3, -0.25) is 10.1 Å². The van der Waals surface area contributed by atoms with Crippen molar-refractivity contribution >= 4 is 17.6 Å². The van der Waals surface area contributed by atoms with Crippen LogP contribution in [-0.4, -0.2) is 11.9 Å². The van der Waals surface area contributed by atoms with Gasteiger partial charge >= 0.3 is 6.03 Å². The Bertz CT molecular complexity index is 568. The lowest BCUT2D eigenvalue weighted by atomic mass is 10.1. The van der Waals surface area contributed by atoms with Gasteiger partial charge in [-0.25, -0.2) is 4.79 Å². The third kappa shape index (κ3) is 4.57. The molecule has 2 aromatic rings. The van der Waals surface area contributed by atoms with Crippen LogP contribution in [0.1, 0.15) is 12.0 Å². The van der Waals surface area contributed by atoms with Crippen LogP contribution in [0.4, 0.5) is 10.5 Å². The summed E-state index contributed by atoms with van der Waals surface area (Å²) in [7, 11) is 0. The number of hydrogen-bond donors (Lipinski definition) is 2. The predicted octanol–water partition coefficient (Wildman–Crippen LogP) is 2.97. The number of para-hydroxylation sites is 1. The van der Waals surface area contributed by atoms with Crippen LogP contribution >= 0.6 is 0 Å². The molecule has 20 heavy (non-hydrogen) atoms. The van der Waals surface area contributed by atoms with Gasteiger partial charge in [0.1, 0.15) is 0 Å². The van der Waals surface area contributed by atoms with Crippen molar-refractivity contribution in [2.75, 3.05) is 5.32 Å². The maximum absolute atomic E-state index is 11.6. The fourth-order valence-corrected chi connectivity index (χ4v) is 1.78. The van der Waals surface area contributed by atoms with E-state index >= 15 is 0 Å². The molecule has 102 valence electrons. The summed E-state index contributed by atoms with van der Waals surface area (Å²) in [5.41, 5.74) is 1.73. The minimum atomic E-state index is -0.505. The van der Waals surface area contributed by atoms with E-state index in [4.69, 9.17) is 0 Å². The number of benzene rings is 2. The number of aryl methyl sites for hydroxylation is 1. The Labute approximate surface area is 117 Å². The zero-order valence-electron chi connectivity index (χ0n) is 11.0. The van der Waals surface area contributed by atoms with Gasteiger partial charge in [0.2, 0.25) is 5.91 Å². The number of carbonyl (C=O) groups is 2. The second kappa shape index (κ2) is 7.09. The summed E-state index contributed by atoms with van der Waals surface area (Å²) in [6, 6.07) is 18.2. The van der Waals surface area contributed by atoms with Crippen molar-refractivity contribution in [1.29, 1.82) is 0 Å². The minimum absolute atomic E-state index is 0.284. The number of anilines is 1. The highest BCUT2D eigenvalue weighted by Gasteiger charge is 2.07. The quantitative estimate of drug-likeness (QED) is 0.895. The van der Waals surface area contributed by atoms with Crippen molar-refractivity contribution in [2.45, 2.75) is 12.8 Å². The van der Waals surface area contributed by atoms with Crippen LogP contribution < -0.4 is 10.6 Å². The molecule has 0 aromatic heterocycles. The highest BCUT2D eigenvalue weighted by molar-refractivity contribution is 6.01. The average molecular weight is 268 g/mol. The third-order valence-electron chi connectivity index (χ3n) is 2.77. The number of imide groups is 1. The largest absolute Gasteiger partial charge is 0.325 e. The molecule has 2 rings (SSSR count). The van der Waals surface area contributed by atoms with Gasteiger partial charge in [0.15, 0.2) is 0 Å². The molecule has 0 bridgehead atoms. The molecule has 2 aromatic carbocycles. The van der Waals surface area contributed by atoms with Crippen molar-refractivity contribution in [3.05, 3.63) is 66.2 Å². The van der Waals surface area contributed by atoms with Crippen molar-refractivity contribution in [2.24, 2.45) is 0 Å². The molecule has 0 spiro atoms. The van der Waals surface area contributed by atoms with Gasteiger partial charge in [-0.2, -0.15) is 0 Å². The summed E-state index contributed by atoms with van der Waals surface area (Å²) in [4.78, 5) is 23.2. The van der Waals surface area contributed by atoms with Crippen LogP contribution in [-0.2, 0) is 11.2 Å². The minimum Gasteiger partial charge on any atom is -0.308 e. The van der Waals surface area contributed by atoms with E-state index in [0.717, 1.165) is 5.56 Å². The van der Waals surface area contributed by atoms with Crippen LogP contribution in [0.5, 0.6) is 0 Å². The summed E-state index contributed by atoms with van der Waals surface area (Å²) >= 11 is 0. The molecule has 4 heteroatoms. The van der Waals surface area contributed by atoms with Gasteiger partial charge in [-0.1, -0.05) is 48.5 Å². The van der Waals surface area contributed by atoms with Crippen LogP contribution in [0.3, 0.4) is 0 Å². The molecule has 0 fully saturated rings. The van der Waals surface area contributed by atoms with Gasteiger partial charge in [0.25, 0.3) is 0 Å². The Morgan fingerprint density at radius 2 is 1.45 bits per heavy atom. The summed E-state index contributed by atoms with van der Waals surface area (Å²) in [6.07, 6.45) is 0.900. The second-order valence-corrected chi connectivity index (χ2v) is 4.35. The van der Waals surface area contributed by atoms with Crippen molar-refractivity contribution in [1.82, 2.24) is 5.32 Å². The second-order valence-electron chi connectivity index (χ2n) is 4.35. The summed E-state index contributed by atoms with van der Waals surface area (Å²) in [5.74, 6) is -0.290. The number of nitrogens with one attached hydrogen (secondary N) is 2. The lowest BCUT2D eigenvalue weighted by Gasteiger charge is -2.06. The van der Waals surface area contributed by atoms with E-state index in [9.17, 15) is 9.59 Å². The highest BCUT2D eigenvalue weighted by Crippen LogP contribution is 2.05. The van der Waals surface area contributed by atoms with E-state index in [0.29, 0.717) is 12.1 Å². The zero-order chi connectivity index (χ0) is 14.2. The van der Waals surface area contributed by atoms with Gasteiger partial charge in [0.05, 0.1) is 0 Å². The third-order valence-corrected chi connectivity index (χ3v) is 2.77. The van der Waals surface area contributed by atoms with Crippen molar-refractivity contribution < 1.29 is 9.59 Å². The SMILES string of the molecule is O=C(CCc1ccccc1)NC(=O)Nc1ccccc1. The van der Waals surface area contributed by atoms with E-state index in [1.807, 2.05) is 48.5 Å². The molecule has 4 nitrogen and oxygen atoms in total. The van der Waals surface area contributed by atoms with Crippen molar-refractivity contribution in [3.63, 3.8) is 0 Å². The topological polar surface area (TPSA) is 58.2 Å². The monoisotopic (exact) mass is 268 g/mol. The normalized spacial score (nSPS) is 9.80. The first-order valence-corrected chi connectivity index (χ1v) is 6.44. The standard InChI is InChI=1S/C16H16N2O2/c19-15(12-11-13-7-3-1-4-8-13)18-16(20)17-14-9-5-2-6-10-14/h1-10H,11-12H2,(H2,17,18,19,20). The molecule has 0 unspecified atom stereocenters. The van der Waals surface area contributed by atoms with E-state index in [2.05, 4.69) is 10.6 Å². The Balaban J connectivity index is 1.75. The number of amides is 3. The Hall–Kier alpha value is -2.62. The molecular weight excluding hydrogens is 252 g/mol. The lowest BCUT2D eigenvalue weighted by Crippen LogP contribution is -2.34. The molecule has 0 aliphatic heterocycles. The van der Waals surface area contributed by atoms with E-state index in [1.54, 1.807) is 12.1 Å². The van der Waals surface area contributed by atoms with Gasteiger partial charge in [-0.05, 0) is 24.1 Å². The van der Waals surface area contributed by atoms with E-state index in [-0.39, 0.29) is 12.3 Å². The molecule has 0 atom stereocenters. The first-order chi connectivity index (χ1) is 9.74. The maximum atomic E-state index is 11.6.